The van der Waals surface area contributed by atoms with Gasteiger partial charge in [-0.05, 0) is 49.7 Å². The highest BCUT2D eigenvalue weighted by Gasteiger charge is 2.37. The second-order valence-electron chi connectivity index (χ2n) is 9.16. The predicted molar refractivity (Wildman–Crippen MR) is 130 cm³/mol. The predicted octanol–water partition coefficient (Wildman–Crippen LogP) is 6.22. The Morgan fingerprint density at radius 3 is 2.08 bits per heavy atom. The van der Waals surface area contributed by atoms with Gasteiger partial charge in [0, 0.05) is 49.5 Å². The summed E-state index contributed by atoms with van der Waals surface area (Å²) in [7, 11) is 0. The molecule has 3 aromatic rings. The van der Waals surface area contributed by atoms with Gasteiger partial charge < -0.3 is 15.1 Å². The third kappa shape index (κ3) is 6.76. The van der Waals surface area contributed by atoms with Crippen LogP contribution in [-0.2, 0) is 18.8 Å². The van der Waals surface area contributed by atoms with Crippen molar-refractivity contribution in [1.29, 1.82) is 0 Å². The molecule has 2 heterocycles. The average molecular weight is 555 g/mol. The highest BCUT2D eigenvalue weighted by Crippen LogP contribution is 2.37. The number of alkyl halides is 6. The van der Waals surface area contributed by atoms with Crippen LogP contribution in [0, 0.1) is 19.7 Å². The standard InChI is InChI=1S/C26H24F7N5O/c1-15-22(11-17-4-3-5-20(27)10-17)23(35-16(2)34-15)37-6-8-38(9-7-37)24(39)36-21-13-18(25(28,29)30)12-19(14-21)26(31,32)33/h3-5,10,12-14H,6-9,11H2,1-2H3,(H,36,39). The number of rotatable bonds is 4. The van der Waals surface area contributed by atoms with Gasteiger partial charge in [-0.2, -0.15) is 26.3 Å². The molecule has 1 aromatic heterocycles. The monoisotopic (exact) mass is 555 g/mol. The van der Waals surface area contributed by atoms with Crippen LogP contribution in [0.5, 0.6) is 0 Å². The number of carbonyl (C=O) groups excluding carboxylic acids is 1. The lowest BCUT2D eigenvalue weighted by Gasteiger charge is -2.36. The number of hydrogen-bond acceptors (Lipinski definition) is 4. The largest absolute Gasteiger partial charge is 0.416 e. The van der Waals surface area contributed by atoms with Gasteiger partial charge in [-0.15, -0.1) is 0 Å². The van der Waals surface area contributed by atoms with Crippen LogP contribution in [0.25, 0.3) is 0 Å². The van der Waals surface area contributed by atoms with Gasteiger partial charge in [0.15, 0.2) is 0 Å². The van der Waals surface area contributed by atoms with E-state index in [-0.39, 0.29) is 25.0 Å². The van der Waals surface area contributed by atoms with Gasteiger partial charge in [0.2, 0.25) is 0 Å². The zero-order chi connectivity index (χ0) is 28.5. The topological polar surface area (TPSA) is 61.4 Å². The molecule has 0 saturated carbocycles. The zero-order valence-corrected chi connectivity index (χ0v) is 20.9. The van der Waals surface area contributed by atoms with E-state index in [1.54, 1.807) is 19.1 Å². The maximum atomic E-state index is 13.7. The van der Waals surface area contributed by atoms with E-state index in [4.69, 9.17) is 0 Å². The highest BCUT2D eigenvalue weighted by molar-refractivity contribution is 5.89. The number of amides is 2. The number of benzene rings is 2. The summed E-state index contributed by atoms with van der Waals surface area (Å²) < 4.78 is 92.7. The number of aryl methyl sites for hydroxylation is 2. The normalized spacial score (nSPS) is 14.5. The Balaban J connectivity index is 1.49. The van der Waals surface area contributed by atoms with Crippen LogP contribution >= 0.6 is 0 Å². The minimum Gasteiger partial charge on any atom is -0.353 e. The molecule has 13 heteroatoms. The molecule has 0 bridgehead atoms. The molecular formula is C26H24F7N5O. The third-order valence-corrected chi connectivity index (χ3v) is 6.28. The molecule has 1 aliphatic rings. The fraction of sp³-hybridized carbons (Fsp3) is 0.346. The third-order valence-electron chi connectivity index (χ3n) is 6.28. The van der Waals surface area contributed by atoms with Gasteiger partial charge in [0.1, 0.15) is 17.5 Å². The number of carbonyl (C=O) groups is 1. The molecule has 0 radical (unpaired) electrons. The molecule has 1 saturated heterocycles. The molecule has 4 rings (SSSR count). The van der Waals surface area contributed by atoms with Crippen molar-refractivity contribution < 1.29 is 35.5 Å². The number of nitrogens with zero attached hydrogens (tertiary/aromatic N) is 4. The Kier molecular flexibility index (Phi) is 7.71. The summed E-state index contributed by atoms with van der Waals surface area (Å²) in [4.78, 5) is 25.0. The summed E-state index contributed by atoms with van der Waals surface area (Å²) in [5, 5.41) is 2.17. The van der Waals surface area contributed by atoms with Crippen LogP contribution < -0.4 is 10.2 Å². The first kappa shape index (κ1) is 28.1. The first-order chi connectivity index (χ1) is 18.2. The van der Waals surface area contributed by atoms with Crippen LogP contribution in [0.15, 0.2) is 42.5 Å². The number of halogens is 7. The Hall–Kier alpha value is -3.90. The maximum Gasteiger partial charge on any atom is 0.416 e. The number of piperazine rings is 1. The lowest BCUT2D eigenvalue weighted by atomic mass is 10.0. The summed E-state index contributed by atoms with van der Waals surface area (Å²) in [5.41, 5.74) is -1.41. The van der Waals surface area contributed by atoms with Crippen molar-refractivity contribution in [3.8, 4) is 0 Å². The molecule has 0 atom stereocenters. The summed E-state index contributed by atoms with van der Waals surface area (Å²) in [6.45, 7) is 4.43. The molecule has 39 heavy (non-hydrogen) atoms. The number of urea groups is 1. The molecule has 2 amide bonds. The van der Waals surface area contributed by atoms with Gasteiger partial charge >= 0.3 is 18.4 Å². The quantitative estimate of drug-likeness (QED) is 0.389. The van der Waals surface area contributed by atoms with E-state index in [2.05, 4.69) is 15.3 Å². The van der Waals surface area contributed by atoms with E-state index in [9.17, 15) is 35.5 Å². The minimum absolute atomic E-state index is 0.00152. The van der Waals surface area contributed by atoms with E-state index >= 15 is 0 Å². The summed E-state index contributed by atoms with van der Waals surface area (Å²) in [6.07, 6.45) is -9.68. The van der Waals surface area contributed by atoms with E-state index in [0.29, 0.717) is 49.0 Å². The van der Waals surface area contributed by atoms with Gasteiger partial charge in [0.25, 0.3) is 0 Å². The van der Waals surface area contributed by atoms with Gasteiger partial charge in [-0.3, -0.25) is 0 Å². The molecule has 1 N–H and O–H groups in total. The molecular weight excluding hydrogens is 531 g/mol. The van der Waals surface area contributed by atoms with Crippen molar-refractivity contribution in [3.63, 3.8) is 0 Å². The Morgan fingerprint density at radius 2 is 1.51 bits per heavy atom. The Morgan fingerprint density at radius 1 is 0.897 bits per heavy atom. The highest BCUT2D eigenvalue weighted by atomic mass is 19.4. The van der Waals surface area contributed by atoms with Crippen molar-refractivity contribution in [2.45, 2.75) is 32.6 Å². The molecule has 0 unspecified atom stereocenters. The van der Waals surface area contributed by atoms with Crippen LogP contribution in [0.3, 0.4) is 0 Å². The summed E-state index contributed by atoms with van der Waals surface area (Å²) in [6, 6.07) is 6.27. The van der Waals surface area contributed by atoms with Crippen LogP contribution in [0.2, 0.25) is 0 Å². The number of aromatic nitrogens is 2. The first-order valence-electron chi connectivity index (χ1n) is 11.9. The lowest BCUT2D eigenvalue weighted by molar-refractivity contribution is -0.143. The number of hydrogen-bond donors (Lipinski definition) is 1. The van der Waals surface area contributed by atoms with Crippen LogP contribution in [-0.4, -0.2) is 47.1 Å². The van der Waals surface area contributed by atoms with Crippen molar-refractivity contribution in [3.05, 3.63) is 82.1 Å². The fourth-order valence-electron chi connectivity index (χ4n) is 4.39. The molecule has 0 aliphatic carbocycles. The SMILES string of the molecule is Cc1nc(C)c(Cc2cccc(F)c2)c(N2CCN(C(=O)Nc3cc(C(F)(F)F)cc(C(F)(F)F)c3)CC2)n1. The van der Waals surface area contributed by atoms with Crippen LogP contribution in [0.4, 0.5) is 47.0 Å². The summed E-state index contributed by atoms with van der Waals surface area (Å²) >= 11 is 0. The lowest BCUT2D eigenvalue weighted by Crippen LogP contribution is -2.50. The molecule has 1 fully saturated rings. The van der Waals surface area contributed by atoms with Gasteiger partial charge in [-0.1, -0.05) is 12.1 Å². The number of nitrogens with one attached hydrogen (secondary N) is 1. The zero-order valence-electron chi connectivity index (χ0n) is 20.9. The maximum absolute atomic E-state index is 13.7. The van der Waals surface area contributed by atoms with Crippen molar-refractivity contribution in [2.75, 3.05) is 36.4 Å². The first-order valence-corrected chi connectivity index (χ1v) is 11.9. The minimum atomic E-state index is -5.02. The Labute approximate surface area is 219 Å². The van der Waals surface area contributed by atoms with E-state index in [1.165, 1.54) is 17.0 Å². The smallest absolute Gasteiger partial charge is 0.353 e. The van der Waals surface area contributed by atoms with Crippen molar-refractivity contribution >= 4 is 17.5 Å². The van der Waals surface area contributed by atoms with Crippen molar-refractivity contribution in [1.82, 2.24) is 14.9 Å². The molecule has 1 aliphatic heterocycles. The molecule has 0 spiro atoms. The van der Waals surface area contributed by atoms with E-state index in [0.717, 1.165) is 11.1 Å². The molecule has 6 nitrogen and oxygen atoms in total. The molecule has 208 valence electrons. The van der Waals surface area contributed by atoms with Crippen LogP contribution in [0.1, 0.15) is 33.8 Å². The summed E-state index contributed by atoms with van der Waals surface area (Å²) in [5.74, 6) is 0.773. The fourth-order valence-corrected chi connectivity index (χ4v) is 4.39. The van der Waals surface area contributed by atoms with Gasteiger partial charge in [-0.25, -0.2) is 19.2 Å². The second kappa shape index (κ2) is 10.7. The number of anilines is 2. The van der Waals surface area contributed by atoms with Crippen molar-refractivity contribution in [2.24, 2.45) is 0 Å². The average Bonchev–Trinajstić information content (AvgIpc) is 2.84. The second-order valence-corrected chi connectivity index (χ2v) is 9.16. The van der Waals surface area contributed by atoms with Gasteiger partial charge in [0.05, 0.1) is 11.1 Å². The Bertz CT molecular complexity index is 1330. The molecule has 2 aromatic carbocycles. The van der Waals surface area contributed by atoms with E-state index in [1.807, 2.05) is 11.8 Å². The van der Waals surface area contributed by atoms with E-state index < -0.39 is 35.2 Å².